The van der Waals surface area contributed by atoms with E-state index in [4.69, 9.17) is 5.11 Å². The Hall–Kier alpha value is -0.550. The summed E-state index contributed by atoms with van der Waals surface area (Å²) in [6.07, 6.45) is -4.69. The van der Waals surface area contributed by atoms with Crippen LogP contribution in [0.3, 0.4) is 0 Å². The SMILES string of the molecule is OC(Cc1ccc(F)cc1Br)C(F)F. The molecule has 14 heavy (non-hydrogen) atoms. The van der Waals surface area contributed by atoms with Gasteiger partial charge in [0.25, 0.3) is 6.43 Å². The molecule has 0 radical (unpaired) electrons. The van der Waals surface area contributed by atoms with Gasteiger partial charge >= 0.3 is 0 Å². The molecule has 1 aromatic carbocycles. The van der Waals surface area contributed by atoms with E-state index in [-0.39, 0.29) is 6.42 Å². The zero-order chi connectivity index (χ0) is 10.7. The molecule has 1 atom stereocenters. The first-order valence-electron chi connectivity index (χ1n) is 3.91. The lowest BCUT2D eigenvalue weighted by atomic mass is 10.1. The highest BCUT2D eigenvalue weighted by molar-refractivity contribution is 9.10. The highest BCUT2D eigenvalue weighted by Crippen LogP contribution is 2.20. The third kappa shape index (κ3) is 2.99. The van der Waals surface area contributed by atoms with Crippen molar-refractivity contribution in [2.75, 3.05) is 0 Å². The average Bonchev–Trinajstić information content (AvgIpc) is 2.09. The zero-order valence-electron chi connectivity index (χ0n) is 7.05. The molecule has 0 saturated carbocycles. The third-order valence-electron chi connectivity index (χ3n) is 1.74. The van der Waals surface area contributed by atoms with Gasteiger partial charge in [0.15, 0.2) is 0 Å². The third-order valence-corrected chi connectivity index (χ3v) is 2.47. The van der Waals surface area contributed by atoms with Gasteiger partial charge < -0.3 is 5.11 Å². The van der Waals surface area contributed by atoms with Gasteiger partial charge in [-0.25, -0.2) is 13.2 Å². The molecule has 0 amide bonds. The predicted octanol–water partition coefficient (Wildman–Crippen LogP) is 2.76. The van der Waals surface area contributed by atoms with Crippen molar-refractivity contribution in [1.82, 2.24) is 0 Å². The fourth-order valence-electron chi connectivity index (χ4n) is 1.00. The van der Waals surface area contributed by atoms with Crippen LogP contribution in [0.15, 0.2) is 22.7 Å². The fraction of sp³-hybridized carbons (Fsp3) is 0.333. The Morgan fingerprint density at radius 1 is 1.36 bits per heavy atom. The largest absolute Gasteiger partial charge is 0.387 e. The molecular weight excluding hydrogens is 261 g/mol. The lowest BCUT2D eigenvalue weighted by Gasteiger charge is -2.10. The number of halogens is 4. The van der Waals surface area contributed by atoms with Crippen molar-refractivity contribution >= 4 is 15.9 Å². The molecular formula is C9H8BrF3O. The topological polar surface area (TPSA) is 20.2 Å². The van der Waals surface area contributed by atoms with Gasteiger partial charge in [0.1, 0.15) is 11.9 Å². The van der Waals surface area contributed by atoms with E-state index in [1.807, 2.05) is 0 Å². The summed E-state index contributed by atoms with van der Waals surface area (Å²) >= 11 is 3.03. The first-order chi connectivity index (χ1) is 6.50. The van der Waals surface area contributed by atoms with Crippen molar-refractivity contribution in [1.29, 1.82) is 0 Å². The van der Waals surface area contributed by atoms with Crippen molar-refractivity contribution in [3.8, 4) is 0 Å². The summed E-state index contributed by atoms with van der Waals surface area (Å²) in [7, 11) is 0. The molecule has 0 fully saturated rings. The molecule has 1 unspecified atom stereocenters. The van der Waals surface area contributed by atoms with E-state index in [0.717, 1.165) is 6.07 Å². The van der Waals surface area contributed by atoms with Gasteiger partial charge in [-0.05, 0) is 17.7 Å². The Bertz CT molecular complexity index is 317. The molecule has 0 aliphatic carbocycles. The van der Waals surface area contributed by atoms with Gasteiger partial charge in [-0.3, -0.25) is 0 Å². The van der Waals surface area contributed by atoms with Crippen molar-refractivity contribution in [3.63, 3.8) is 0 Å². The number of alkyl halides is 2. The minimum absolute atomic E-state index is 0.196. The molecule has 1 rings (SSSR count). The average molecular weight is 269 g/mol. The Morgan fingerprint density at radius 2 is 2.00 bits per heavy atom. The second-order valence-corrected chi connectivity index (χ2v) is 3.70. The standard InChI is InChI=1S/C9H8BrF3O/c10-7-4-6(11)2-1-5(7)3-8(14)9(12)13/h1-2,4,8-9,14H,3H2. The number of aliphatic hydroxyl groups is 1. The maximum Gasteiger partial charge on any atom is 0.264 e. The maximum absolute atomic E-state index is 12.6. The molecule has 0 saturated heterocycles. The van der Waals surface area contributed by atoms with Gasteiger partial charge in [0.05, 0.1) is 0 Å². The number of rotatable bonds is 3. The normalized spacial score (nSPS) is 13.3. The molecule has 5 heteroatoms. The number of benzene rings is 1. The van der Waals surface area contributed by atoms with Crippen molar-refractivity contribution in [3.05, 3.63) is 34.1 Å². The second-order valence-electron chi connectivity index (χ2n) is 2.84. The van der Waals surface area contributed by atoms with Crippen molar-refractivity contribution in [2.24, 2.45) is 0 Å². The lowest BCUT2D eigenvalue weighted by molar-refractivity contribution is -0.00374. The summed E-state index contributed by atoms with van der Waals surface area (Å²) in [6, 6.07) is 3.71. The summed E-state index contributed by atoms with van der Waals surface area (Å²) < 4.78 is 37.0. The number of hydrogen-bond acceptors (Lipinski definition) is 1. The van der Waals surface area contributed by atoms with Gasteiger partial charge in [0, 0.05) is 10.9 Å². The van der Waals surface area contributed by atoms with Crippen LogP contribution in [0, 0.1) is 5.82 Å². The second kappa shape index (κ2) is 4.79. The van der Waals surface area contributed by atoms with Gasteiger partial charge in [-0.15, -0.1) is 0 Å². The Balaban J connectivity index is 2.77. The van der Waals surface area contributed by atoms with Crippen LogP contribution in [0.25, 0.3) is 0 Å². The Morgan fingerprint density at radius 3 is 2.50 bits per heavy atom. The van der Waals surface area contributed by atoms with Gasteiger partial charge in [0.2, 0.25) is 0 Å². The Kier molecular flexibility index (Phi) is 3.95. The molecule has 0 aliphatic heterocycles. The summed E-state index contributed by atoms with van der Waals surface area (Å²) in [5.74, 6) is -0.452. The predicted molar refractivity (Wildman–Crippen MR) is 49.8 cm³/mol. The van der Waals surface area contributed by atoms with Crippen LogP contribution in [-0.4, -0.2) is 17.6 Å². The lowest BCUT2D eigenvalue weighted by Crippen LogP contribution is -2.20. The first kappa shape index (κ1) is 11.5. The molecule has 0 spiro atoms. The van der Waals surface area contributed by atoms with Crippen molar-refractivity contribution in [2.45, 2.75) is 19.0 Å². The fourth-order valence-corrected chi connectivity index (χ4v) is 1.51. The minimum atomic E-state index is -2.79. The van der Waals surface area contributed by atoms with Crippen LogP contribution in [-0.2, 0) is 6.42 Å². The van der Waals surface area contributed by atoms with E-state index in [0.29, 0.717) is 10.0 Å². The first-order valence-corrected chi connectivity index (χ1v) is 4.70. The van der Waals surface area contributed by atoms with Crippen LogP contribution >= 0.6 is 15.9 Å². The summed E-state index contributed by atoms with van der Waals surface area (Å²) in [4.78, 5) is 0. The highest BCUT2D eigenvalue weighted by Gasteiger charge is 2.18. The van der Waals surface area contributed by atoms with Crippen LogP contribution in [0.4, 0.5) is 13.2 Å². The minimum Gasteiger partial charge on any atom is -0.387 e. The molecule has 1 N–H and O–H groups in total. The molecule has 0 heterocycles. The molecule has 0 bridgehead atoms. The van der Waals surface area contributed by atoms with Gasteiger partial charge in [-0.1, -0.05) is 22.0 Å². The molecule has 0 aromatic heterocycles. The summed E-state index contributed by atoms with van der Waals surface area (Å²) in [6.45, 7) is 0. The van der Waals surface area contributed by atoms with E-state index >= 15 is 0 Å². The Labute approximate surface area is 87.7 Å². The quantitative estimate of drug-likeness (QED) is 0.894. The van der Waals surface area contributed by atoms with E-state index in [1.165, 1.54) is 12.1 Å². The van der Waals surface area contributed by atoms with E-state index in [2.05, 4.69) is 15.9 Å². The summed E-state index contributed by atoms with van der Waals surface area (Å²) in [5, 5.41) is 8.91. The van der Waals surface area contributed by atoms with Crippen LogP contribution < -0.4 is 0 Å². The van der Waals surface area contributed by atoms with Crippen molar-refractivity contribution < 1.29 is 18.3 Å². The van der Waals surface area contributed by atoms with Crippen LogP contribution in [0.1, 0.15) is 5.56 Å². The molecule has 78 valence electrons. The smallest absolute Gasteiger partial charge is 0.264 e. The molecule has 0 aliphatic rings. The molecule has 1 aromatic rings. The maximum atomic E-state index is 12.6. The van der Waals surface area contributed by atoms with E-state index in [1.54, 1.807) is 0 Å². The molecule has 1 nitrogen and oxygen atoms in total. The van der Waals surface area contributed by atoms with Crippen LogP contribution in [0.5, 0.6) is 0 Å². The zero-order valence-corrected chi connectivity index (χ0v) is 8.64. The van der Waals surface area contributed by atoms with Gasteiger partial charge in [-0.2, -0.15) is 0 Å². The van der Waals surface area contributed by atoms with E-state index in [9.17, 15) is 13.2 Å². The summed E-state index contributed by atoms with van der Waals surface area (Å²) in [5.41, 5.74) is 0.458. The highest BCUT2D eigenvalue weighted by atomic mass is 79.9. The number of hydrogen-bond donors (Lipinski definition) is 1. The number of aliphatic hydroxyl groups excluding tert-OH is 1. The van der Waals surface area contributed by atoms with E-state index < -0.39 is 18.3 Å². The monoisotopic (exact) mass is 268 g/mol. The van der Waals surface area contributed by atoms with Crippen LogP contribution in [0.2, 0.25) is 0 Å².